The van der Waals surface area contributed by atoms with Gasteiger partial charge in [0.1, 0.15) is 0 Å². The fourth-order valence-corrected chi connectivity index (χ4v) is 9.38. The van der Waals surface area contributed by atoms with Gasteiger partial charge in [-0.3, -0.25) is 4.99 Å². The fraction of sp³-hybridized carbons (Fsp3) is 0.963. The van der Waals surface area contributed by atoms with E-state index in [0.29, 0.717) is 11.5 Å². The quantitative estimate of drug-likeness (QED) is 0.538. The molecule has 30 heavy (non-hydrogen) atoms. The first kappa shape index (κ1) is 19.9. The van der Waals surface area contributed by atoms with E-state index < -0.39 is 0 Å². The molecule has 2 aliphatic heterocycles. The van der Waals surface area contributed by atoms with E-state index in [-0.39, 0.29) is 0 Å². The van der Waals surface area contributed by atoms with Crippen LogP contribution in [0.25, 0.3) is 0 Å². The van der Waals surface area contributed by atoms with Crippen LogP contribution in [0, 0.1) is 35.0 Å². The van der Waals surface area contributed by atoms with Gasteiger partial charge < -0.3 is 9.80 Å². The minimum absolute atomic E-state index is 0.701. The molecule has 5 aliphatic carbocycles. The van der Waals surface area contributed by atoms with Gasteiger partial charge >= 0.3 is 0 Å². The Morgan fingerprint density at radius 1 is 0.967 bits per heavy atom. The van der Waals surface area contributed by atoms with E-state index in [0.717, 1.165) is 42.2 Å². The minimum Gasteiger partial charge on any atom is -0.338 e. The lowest BCUT2D eigenvalue weighted by Crippen LogP contribution is -2.48. The van der Waals surface area contributed by atoms with Crippen LogP contribution in [0.4, 0.5) is 0 Å². The number of guanidine groups is 1. The van der Waals surface area contributed by atoms with E-state index in [1.807, 2.05) is 0 Å². The third-order valence-electron chi connectivity index (χ3n) is 10.2. The topological polar surface area (TPSA) is 18.8 Å². The van der Waals surface area contributed by atoms with Crippen LogP contribution in [-0.2, 0) is 0 Å². The lowest BCUT2D eigenvalue weighted by atomic mass is 9.49. The molecule has 4 bridgehead atoms. The number of rotatable bonds is 6. The number of nitrogens with zero attached hydrogens (tertiary/aromatic N) is 3. The lowest BCUT2D eigenvalue weighted by Gasteiger charge is -2.57. The SMILES string of the molecule is CC(C)C[C@@H]1CN2C(=NC[C@H]2C2CCCCC2)N1CCC12CC3CC(CC(C3)C1)C2. The van der Waals surface area contributed by atoms with Crippen molar-refractivity contribution in [2.45, 2.75) is 109 Å². The lowest BCUT2D eigenvalue weighted by molar-refractivity contribution is -0.0596. The molecule has 7 aliphatic rings. The third-order valence-corrected chi connectivity index (χ3v) is 10.2. The molecule has 1 saturated heterocycles. The monoisotopic (exact) mass is 411 g/mol. The molecule has 0 amide bonds. The van der Waals surface area contributed by atoms with Gasteiger partial charge in [-0.2, -0.15) is 0 Å². The zero-order valence-corrected chi connectivity index (χ0v) is 19.7. The van der Waals surface area contributed by atoms with Gasteiger partial charge in [-0.25, -0.2) is 0 Å². The Morgan fingerprint density at radius 3 is 2.27 bits per heavy atom. The van der Waals surface area contributed by atoms with Gasteiger partial charge in [-0.15, -0.1) is 0 Å². The minimum atomic E-state index is 0.701. The van der Waals surface area contributed by atoms with E-state index in [4.69, 9.17) is 4.99 Å². The highest BCUT2D eigenvalue weighted by molar-refractivity contribution is 5.84. The van der Waals surface area contributed by atoms with Gasteiger partial charge in [-0.1, -0.05) is 33.1 Å². The molecule has 2 heterocycles. The van der Waals surface area contributed by atoms with Gasteiger partial charge in [0.25, 0.3) is 0 Å². The summed E-state index contributed by atoms with van der Waals surface area (Å²) in [4.78, 5) is 10.8. The van der Waals surface area contributed by atoms with E-state index in [1.54, 1.807) is 38.5 Å². The van der Waals surface area contributed by atoms with Gasteiger partial charge in [0.05, 0.1) is 12.6 Å². The number of aliphatic imine (C=N–C) groups is 1. The Labute approximate surface area is 185 Å². The molecular weight excluding hydrogens is 366 g/mol. The van der Waals surface area contributed by atoms with Crippen molar-refractivity contribution in [3.05, 3.63) is 0 Å². The summed E-state index contributed by atoms with van der Waals surface area (Å²) < 4.78 is 0. The van der Waals surface area contributed by atoms with Crippen molar-refractivity contribution in [3.8, 4) is 0 Å². The van der Waals surface area contributed by atoms with Crippen molar-refractivity contribution in [2.24, 2.45) is 40.0 Å². The molecule has 7 rings (SSSR count). The van der Waals surface area contributed by atoms with Gasteiger partial charge in [-0.05, 0) is 99.2 Å². The summed E-state index contributed by atoms with van der Waals surface area (Å²) in [7, 11) is 0. The van der Waals surface area contributed by atoms with Crippen LogP contribution < -0.4 is 0 Å². The summed E-state index contributed by atoms with van der Waals surface area (Å²) >= 11 is 0. The number of hydrogen-bond donors (Lipinski definition) is 0. The molecule has 3 nitrogen and oxygen atoms in total. The highest BCUT2D eigenvalue weighted by Gasteiger charge is 2.51. The molecule has 0 unspecified atom stereocenters. The second-order valence-electron chi connectivity index (χ2n) is 12.9. The van der Waals surface area contributed by atoms with Crippen LogP contribution in [0.1, 0.15) is 97.3 Å². The Kier molecular flexibility index (Phi) is 5.11. The van der Waals surface area contributed by atoms with Crippen LogP contribution >= 0.6 is 0 Å². The van der Waals surface area contributed by atoms with Crippen molar-refractivity contribution in [1.82, 2.24) is 9.80 Å². The first-order chi connectivity index (χ1) is 14.6. The standard InChI is InChI=1S/C27H45N3/c1-19(2)10-24-18-30-25(23-6-4-3-5-7-23)17-28-26(30)29(24)9-8-27-14-20-11-21(15-27)13-22(12-20)16-27/h19-25H,3-18H2,1-2H3/t20?,21?,22?,24-,25+,27?/m1/s1. The molecule has 0 aromatic rings. The smallest absolute Gasteiger partial charge is 0.197 e. The van der Waals surface area contributed by atoms with Crippen molar-refractivity contribution in [3.63, 3.8) is 0 Å². The normalized spacial score (nSPS) is 43.0. The Hall–Kier alpha value is -0.730. The van der Waals surface area contributed by atoms with Crippen LogP contribution in [0.15, 0.2) is 4.99 Å². The van der Waals surface area contributed by atoms with Gasteiger partial charge in [0.15, 0.2) is 5.96 Å². The summed E-state index contributed by atoms with van der Waals surface area (Å²) in [5.41, 5.74) is 0.701. The molecule has 0 aromatic carbocycles. The van der Waals surface area contributed by atoms with Crippen molar-refractivity contribution in [1.29, 1.82) is 0 Å². The molecule has 168 valence electrons. The van der Waals surface area contributed by atoms with Crippen LogP contribution in [0.5, 0.6) is 0 Å². The van der Waals surface area contributed by atoms with Gasteiger partial charge in [0.2, 0.25) is 0 Å². The molecule has 0 N–H and O–H groups in total. The van der Waals surface area contributed by atoms with Crippen LogP contribution in [0.3, 0.4) is 0 Å². The molecule has 0 aromatic heterocycles. The zero-order chi connectivity index (χ0) is 20.3. The summed E-state index contributed by atoms with van der Waals surface area (Å²) in [6.45, 7) is 8.47. The second kappa shape index (κ2) is 7.69. The molecule has 5 saturated carbocycles. The average Bonchev–Trinajstić information content (AvgIpc) is 3.24. The summed E-state index contributed by atoms with van der Waals surface area (Å²) in [5.74, 6) is 6.35. The Balaban J connectivity index is 1.16. The summed E-state index contributed by atoms with van der Waals surface area (Å²) in [5, 5.41) is 0. The highest BCUT2D eigenvalue weighted by atomic mass is 15.5. The van der Waals surface area contributed by atoms with Crippen LogP contribution in [-0.4, -0.2) is 47.5 Å². The number of hydrogen-bond acceptors (Lipinski definition) is 3. The summed E-state index contributed by atoms with van der Waals surface area (Å²) in [6, 6.07) is 1.43. The van der Waals surface area contributed by atoms with Gasteiger partial charge in [0, 0.05) is 19.1 Å². The Morgan fingerprint density at radius 2 is 1.63 bits per heavy atom. The average molecular weight is 412 g/mol. The fourth-order valence-electron chi connectivity index (χ4n) is 9.38. The molecule has 2 atom stereocenters. The maximum absolute atomic E-state index is 5.23. The van der Waals surface area contributed by atoms with Crippen LogP contribution in [0.2, 0.25) is 0 Å². The maximum Gasteiger partial charge on any atom is 0.197 e. The highest BCUT2D eigenvalue weighted by Crippen LogP contribution is 2.61. The third kappa shape index (κ3) is 3.51. The second-order valence-corrected chi connectivity index (χ2v) is 12.9. The number of fused-ring (bicyclic) bond motifs is 1. The predicted molar refractivity (Wildman–Crippen MR) is 125 cm³/mol. The first-order valence-corrected chi connectivity index (χ1v) is 13.7. The molecule has 0 spiro atoms. The van der Waals surface area contributed by atoms with E-state index >= 15 is 0 Å². The molecule has 3 heteroatoms. The maximum atomic E-state index is 5.23. The zero-order valence-electron chi connectivity index (χ0n) is 19.7. The van der Waals surface area contributed by atoms with E-state index in [9.17, 15) is 0 Å². The molecular formula is C27H45N3. The van der Waals surface area contributed by atoms with Crippen molar-refractivity contribution >= 4 is 5.96 Å². The predicted octanol–water partition coefficient (Wildman–Crippen LogP) is 5.94. The Bertz CT molecular complexity index is 626. The van der Waals surface area contributed by atoms with Crippen molar-refractivity contribution in [2.75, 3.05) is 19.6 Å². The molecule has 6 fully saturated rings. The van der Waals surface area contributed by atoms with Crippen molar-refractivity contribution < 1.29 is 0 Å². The van der Waals surface area contributed by atoms with E-state index in [1.165, 1.54) is 64.0 Å². The summed E-state index contributed by atoms with van der Waals surface area (Å²) in [6.07, 6.45) is 19.5. The van der Waals surface area contributed by atoms with E-state index in [2.05, 4.69) is 23.6 Å². The molecule has 0 radical (unpaired) electrons. The first-order valence-electron chi connectivity index (χ1n) is 13.7. The largest absolute Gasteiger partial charge is 0.338 e.